The number of amides is 1. The maximum absolute atomic E-state index is 12.9. The van der Waals surface area contributed by atoms with Gasteiger partial charge in [-0.15, -0.1) is 0 Å². The molecule has 3 aliphatic rings. The highest BCUT2D eigenvalue weighted by atomic mass is 16.6. The number of rotatable bonds is 9. The van der Waals surface area contributed by atoms with Crippen LogP contribution in [0.1, 0.15) is 91.7 Å². The van der Waals surface area contributed by atoms with Crippen LogP contribution in [0.3, 0.4) is 0 Å². The number of unbranched alkanes of at least 4 members (excludes halogenated alkanes) is 1. The molecule has 2 fully saturated rings. The first kappa shape index (κ1) is 31.2. The first-order valence-corrected chi connectivity index (χ1v) is 14.8. The summed E-state index contributed by atoms with van der Waals surface area (Å²) in [4.78, 5) is 25.4. The van der Waals surface area contributed by atoms with Gasteiger partial charge in [-0.2, -0.15) is 0 Å². The number of aliphatic carboxylic acids is 1. The number of fused-ring (bicyclic) bond motifs is 3. The number of allylic oxidation sites excluding steroid dienone is 2. The van der Waals surface area contributed by atoms with E-state index < -0.39 is 22.8 Å². The monoisotopic (exact) mass is 573 g/mol. The van der Waals surface area contributed by atoms with Crippen LogP contribution < -0.4 is 9.47 Å². The Morgan fingerprint density at radius 1 is 1.22 bits per heavy atom. The number of carboxylic acid groups (broad SMARTS) is 1. The molecule has 3 aliphatic heterocycles. The maximum Gasteiger partial charge on any atom is 0.410 e. The van der Waals surface area contributed by atoms with Crippen LogP contribution in [0, 0.1) is 5.92 Å². The fourth-order valence-corrected chi connectivity index (χ4v) is 6.01. The fourth-order valence-electron chi connectivity index (χ4n) is 6.01. The first-order chi connectivity index (χ1) is 19.3. The molecular formula is C32H47NO8. The van der Waals surface area contributed by atoms with E-state index in [0.29, 0.717) is 57.9 Å². The molecule has 228 valence electrons. The number of ether oxygens (including phenoxy) is 5. The topological polar surface area (TPSA) is 104 Å². The molecule has 9 nitrogen and oxygen atoms in total. The quantitative estimate of drug-likeness (QED) is 0.271. The zero-order valence-corrected chi connectivity index (χ0v) is 25.5. The van der Waals surface area contributed by atoms with Crippen molar-refractivity contribution < 1.29 is 38.4 Å². The van der Waals surface area contributed by atoms with Gasteiger partial charge in [0, 0.05) is 30.5 Å². The van der Waals surface area contributed by atoms with Gasteiger partial charge in [-0.05, 0) is 85.8 Å². The summed E-state index contributed by atoms with van der Waals surface area (Å²) in [6.45, 7) is 14.1. The normalized spacial score (nSPS) is 27.3. The van der Waals surface area contributed by atoms with Crippen molar-refractivity contribution >= 4 is 12.1 Å². The molecule has 1 amide bonds. The van der Waals surface area contributed by atoms with Crippen molar-refractivity contribution in [1.29, 1.82) is 0 Å². The third-order valence-electron chi connectivity index (χ3n) is 8.05. The number of nitrogens with zero attached hydrogens (tertiary/aromatic N) is 1. The highest BCUT2D eigenvalue weighted by molar-refractivity contribution is 5.68. The molecule has 1 N–H and O–H groups in total. The Labute approximate surface area is 244 Å². The van der Waals surface area contributed by atoms with Crippen molar-refractivity contribution in [3.63, 3.8) is 0 Å². The average Bonchev–Trinajstić information content (AvgIpc) is 2.87. The first-order valence-electron chi connectivity index (χ1n) is 14.8. The van der Waals surface area contributed by atoms with Crippen LogP contribution in [0.15, 0.2) is 29.8 Å². The van der Waals surface area contributed by atoms with Crippen LogP contribution in [0.4, 0.5) is 4.79 Å². The molecule has 0 aromatic heterocycles. The Kier molecular flexibility index (Phi) is 9.59. The summed E-state index contributed by atoms with van der Waals surface area (Å²) >= 11 is 0. The third kappa shape index (κ3) is 7.95. The van der Waals surface area contributed by atoms with Gasteiger partial charge in [0.25, 0.3) is 0 Å². The van der Waals surface area contributed by atoms with E-state index in [2.05, 4.69) is 26.8 Å². The summed E-state index contributed by atoms with van der Waals surface area (Å²) in [5.41, 5.74) is 0.521. The number of hydrogen-bond acceptors (Lipinski definition) is 7. The number of morpholine rings is 1. The number of carbonyl (C=O) groups is 2. The molecule has 4 atom stereocenters. The van der Waals surface area contributed by atoms with Crippen molar-refractivity contribution in [3.8, 4) is 11.5 Å². The second-order valence-electron chi connectivity index (χ2n) is 13.1. The molecule has 1 aromatic carbocycles. The van der Waals surface area contributed by atoms with Gasteiger partial charge in [0.15, 0.2) is 0 Å². The number of benzene rings is 1. The predicted octanol–water partition coefficient (Wildman–Crippen LogP) is 6.30. The van der Waals surface area contributed by atoms with Crippen molar-refractivity contribution in [3.05, 3.63) is 35.4 Å². The van der Waals surface area contributed by atoms with Crippen molar-refractivity contribution in [2.24, 2.45) is 5.92 Å². The molecule has 1 spiro atoms. The zero-order valence-electron chi connectivity index (χ0n) is 25.5. The summed E-state index contributed by atoms with van der Waals surface area (Å²) in [5.74, 6) is 0.667. The smallest absolute Gasteiger partial charge is 0.410 e. The Morgan fingerprint density at radius 3 is 2.71 bits per heavy atom. The molecular weight excluding hydrogens is 526 g/mol. The summed E-state index contributed by atoms with van der Waals surface area (Å²) in [6, 6.07) is 5.87. The molecule has 2 saturated heterocycles. The van der Waals surface area contributed by atoms with Gasteiger partial charge >= 0.3 is 12.1 Å². The van der Waals surface area contributed by atoms with Crippen LogP contribution in [0.2, 0.25) is 0 Å². The fraction of sp³-hybridized carbons (Fsp3) is 0.688. The van der Waals surface area contributed by atoms with Gasteiger partial charge in [0.2, 0.25) is 0 Å². The van der Waals surface area contributed by atoms with Crippen LogP contribution in [0.5, 0.6) is 11.5 Å². The van der Waals surface area contributed by atoms with E-state index in [1.807, 2.05) is 39.0 Å². The molecule has 9 heteroatoms. The van der Waals surface area contributed by atoms with Gasteiger partial charge < -0.3 is 33.7 Å². The van der Waals surface area contributed by atoms with Crippen molar-refractivity contribution in [2.45, 2.75) is 103 Å². The van der Waals surface area contributed by atoms with Gasteiger partial charge in [-0.3, -0.25) is 4.79 Å². The van der Waals surface area contributed by atoms with E-state index in [-0.39, 0.29) is 24.5 Å². The minimum Gasteiger partial charge on any atom is -0.493 e. The molecule has 0 radical (unpaired) electrons. The van der Waals surface area contributed by atoms with Gasteiger partial charge in [-0.1, -0.05) is 11.6 Å². The molecule has 3 heterocycles. The molecule has 0 aliphatic carbocycles. The number of carbonyl (C=O) groups excluding carboxylic acids is 1. The highest BCUT2D eigenvalue weighted by Gasteiger charge is 2.55. The second kappa shape index (κ2) is 12.6. The van der Waals surface area contributed by atoms with E-state index in [0.717, 1.165) is 24.2 Å². The van der Waals surface area contributed by atoms with Crippen LogP contribution in [-0.4, -0.2) is 71.8 Å². The van der Waals surface area contributed by atoms with Crippen molar-refractivity contribution in [2.75, 3.05) is 32.9 Å². The minimum absolute atomic E-state index is 0.00989. The lowest BCUT2D eigenvalue weighted by atomic mass is 9.69. The lowest BCUT2D eigenvalue weighted by Crippen LogP contribution is -2.63. The van der Waals surface area contributed by atoms with Crippen LogP contribution in [-0.2, 0) is 19.0 Å². The Morgan fingerprint density at radius 2 is 2.00 bits per heavy atom. The van der Waals surface area contributed by atoms with Gasteiger partial charge in [-0.25, -0.2) is 4.79 Å². The lowest BCUT2D eigenvalue weighted by molar-refractivity contribution is -0.231. The van der Waals surface area contributed by atoms with Crippen LogP contribution >= 0.6 is 0 Å². The molecule has 0 bridgehead atoms. The largest absolute Gasteiger partial charge is 0.493 e. The average molecular weight is 574 g/mol. The summed E-state index contributed by atoms with van der Waals surface area (Å²) < 4.78 is 31.4. The predicted molar refractivity (Wildman–Crippen MR) is 154 cm³/mol. The number of carboxylic acids is 1. The van der Waals surface area contributed by atoms with E-state index >= 15 is 0 Å². The van der Waals surface area contributed by atoms with Crippen molar-refractivity contribution in [1.82, 2.24) is 4.90 Å². The van der Waals surface area contributed by atoms with E-state index in [9.17, 15) is 9.59 Å². The van der Waals surface area contributed by atoms with E-state index in [4.69, 9.17) is 28.8 Å². The Hall–Kier alpha value is -2.78. The standard InChI is InChI=1S/C32H47NO8/c1-22(2)10-9-14-31(6)25-19-32(20-33(15-17-39-32)29(36)41-30(3,4)5)21-38-28(25)24-13-12-23(18-26(24)40-31)37-16-8-7-11-27(34)35/h10,12-13,18,25,28H,7-9,11,14-17,19-21H2,1-6H3,(H,34,35)/t25-,28+,31-,32+/m0/s1. The van der Waals surface area contributed by atoms with Gasteiger partial charge in [0.05, 0.1) is 32.5 Å². The third-order valence-corrected chi connectivity index (χ3v) is 8.05. The molecule has 4 rings (SSSR count). The molecule has 0 saturated carbocycles. The molecule has 41 heavy (non-hydrogen) atoms. The van der Waals surface area contributed by atoms with E-state index in [1.165, 1.54) is 5.57 Å². The second-order valence-corrected chi connectivity index (χ2v) is 13.1. The Balaban J connectivity index is 1.54. The summed E-state index contributed by atoms with van der Waals surface area (Å²) in [5, 5.41) is 8.85. The SMILES string of the molecule is CC(C)=CCC[C@]1(C)Oc2cc(OCCCCC(=O)O)ccc2[C@H]2OC[C@@]3(C[C@@H]21)CN(C(=O)OC(C)(C)C)CCO3. The molecule has 0 unspecified atom stereocenters. The highest BCUT2D eigenvalue weighted by Crippen LogP contribution is 2.54. The summed E-state index contributed by atoms with van der Waals surface area (Å²) in [7, 11) is 0. The summed E-state index contributed by atoms with van der Waals surface area (Å²) in [6.07, 6.45) is 5.48. The van der Waals surface area contributed by atoms with Crippen LogP contribution in [0.25, 0.3) is 0 Å². The minimum atomic E-state index is -0.792. The molecule has 1 aromatic rings. The van der Waals surface area contributed by atoms with E-state index in [1.54, 1.807) is 4.90 Å². The van der Waals surface area contributed by atoms with Gasteiger partial charge in [0.1, 0.15) is 28.3 Å². The number of hydrogen-bond donors (Lipinski definition) is 1. The zero-order chi connectivity index (χ0) is 29.8. The Bertz CT molecular complexity index is 1120. The lowest BCUT2D eigenvalue weighted by Gasteiger charge is -2.55. The maximum atomic E-state index is 12.9.